The third kappa shape index (κ3) is 10.3. The molecule has 0 spiro atoms. The maximum Gasteiger partial charge on any atom is 0.497 e. The summed E-state index contributed by atoms with van der Waals surface area (Å²) >= 11 is 0. The molecular weight excluding hydrogens is 663 g/mol. The van der Waals surface area contributed by atoms with Crippen LogP contribution in [0.3, 0.4) is 0 Å². The smallest absolute Gasteiger partial charge is 0.303 e. The molecule has 7 aliphatic rings. The van der Waals surface area contributed by atoms with Crippen LogP contribution >= 0.6 is 23.0 Å². The summed E-state index contributed by atoms with van der Waals surface area (Å²) in [4.78, 5) is 0. The first-order valence-corrected chi connectivity index (χ1v) is 25.3. The molecule has 12 heteroatoms. The molecule has 48 heavy (non-hydrogen) atoms. The zero-order valence-electron chi connectivity index (χ0n) is 29.9. The lowest BCUT2D eigenvalue weighted by molar-refractivity contribution is -0.309. The summed E-state index contributed by atoms with van der Waals surface area (Å²) in [5.74, 6) is 0. The summed E-state index contributed by atoms with van der Waals surface area (Å²) in [5.41, 5.74) is 0. The van der Waals surface area contributed by atoms with Crippen LogP contribution in [0.4, 0.5) is 0 Å². The molecule has 0 atom stereocenters. The molecule has 276 valence electrons. The Hall–Kier alpha value is 0.450. The van der Waals surface area contributed by atoms with Gasteiger partial charge in [-0.3, -0.25) is 18.1 Å². The van der Waals surface area contributed by atoms with Crippen molar-refractivity contribution in [2.45, 2.75) is 229 Å². The summed E-state index contributed by atoms with van der Waals surface area (Å²) in [6.45, 7) is 0. The highest BCUT2D eigenvalue weighted by Gasteiger charge is 2.54. The van der Waals surface area contributed by atoms with E-state index in [-0.39, 0.29) is 36.6 Å². The average Bonchev–Trinajstić information content (AvgIpc) is 3.10. The third-order valence-corrected chi connectivity index (χ3v) is 21.0. The highest BCUT2D eigenvalue weighted by molar-refractivity contribution is 7.73. The van der Waals surface area contributed by atoms with Crippen LogP contribution in [-0.2, 0) is 27.1 Å². The van der Waals surface area contributed by atoms with Gasteiger partial charge in [0.2, 0.25) is 0 Å². The van der Waals surface area contributed by atoms with Gasteiger partial charge >= 0.3 is 23.0 Å². The second kappa shape index (κ2) is 18.0. The molecule has 0 aromatic heterocycles. The lowest BCUT2D eigenvalue weighted by atomic mass is 9.98. The molecular formula is C36H67N3O6P3+. The SMILES string of the molecule is C1CCC(OP2(OC3CCCCC3)=NP(OC3CCCCC3)(OC3CCCCC3)=[NH+]P(OC3CCCCC3)(OC3CCCCC3)=N2)CC1. The number of nitrogens with one attached hydrogen (secondary N) is 1. The Morgan fingerprint density at radius 2 is 0.583 bits per heavy atom. The van der Waals surface area contributed by atoms with Gasteiger partial charge in [-0.2, -0.15) is 0 Å². The van der Waals surface area contributed by atoms with Crippen LogP contribution in [0.1, 0.15) is 193 Å². The van der Waals surface area contributed by atoms with Gasteiger partial charge in [-0.05, 0) is 77.0 Å². The molecule has 0 aromatic rings. The minimum Gasteiger partial charge on any atom is -0.303 e. The van der Waals surface area contributed by atoms with Crippen molar-refractivity contribution in [3.05, 3.63) is 0 Å². The van der Waals surface area contributed by atoms with Crippen LogP contribution in [0.15, 0.2) is 9.03 Å². The van der Waals surface area contributed by atoms with Crippen LogP contribution in [0.25, 0.3) is 0 Å². The second-order valence-electron chi connectivity index (χ2n) is 16.0. The zero-order chi connectivity index (χ0) is 32.5. The summed E-state index contributed by atoms with van der Waals surface area (Å²) in [5, 5.41) is 0. The lowest BCUT2D eigenvalue weighted by Gasteiger charge is -2.38. The highest BCUT2D eigenvalue weighted by atomic mass is 31.3. The molecule has 6 saturated carbocycles. The van der Waals surface area contributed by atoms with Crippen LogP contribution in [-0.4, -0.2) is 36.6 Å². The second-order valence-corrected chi connectivity index (χ2v) is 22.6. The quantitative estimate of drug-likeness (QED) is 0.201. The van der Waals surface area contributed by atoms with Gasteiger partial charge in [0.25, 0.3) is 0 Å². The first kappa shape index (κ1) is 36.8. The molecule has 7 rings (SSSR count). The van der Waals surface area contributed by atoms with Crippen molar-refractivity contribution in [3.63, 3.8) is 0 Å². The van der Waals surface area contributed by atoms with E-state index in [9.17, 15) is 0 Å². The molecule has 1 N–H and O–H groups in total. The van der Waals surface area contributed by atoms with E-state index in [0.717, 1.165) is 77.0 Å². The van der Waals surface area contributed by atoms with Gasteiger partial charge in [0.15, 0.2) is 0 Å². The van der Waals surface area contributed by atoms with Gasteiger partial charge in [0, 0.05) is 0 Å². The van der Waals surface area contributed by atoms with Crippen molar-refractivity contribution < 1.29 is 31.7 Å². The highest BCUT2D eigenvalue weighted by Crippen LogP contribution is 2.75. The Kier molecular flexibility index (Phi) is 13.8. The van der Waals surface area contributed by atoms with Crippen molar-refractivity contribution in [2.75, 3.05) is 0 Å². The molecule has 0 radical (unpaired) electrons. The monoisotopic (exact) mass is 730 g/mol. The van der Waals surface area contributed by atoms with Crippen LogP contribution < -0.4 is 4.52 Å². The topological polar surface area (TPSA) is 94.1 Å². The van der Waals surface area contributed by atoms with Gasteiger partial charge in [-0.25, -0.2) is 0 Å². The van der Waals surface area contributed by atoms with Crippen molar-refractivity contribution >= 4 is 23.0 Å². The molecule has 1 heterocycles. The third-order valence-electron chi connectivity index (χ3n) is 11.8. The predicted molar refractivity (Wildman–Crippen MR) is 194 cm³/mol. The number of hydrogen-bond donors (Lipinski definition) is 1. The summed E-state index contributed by atoms with van der Waals surface area (Å²) in [6, 6.07) is 0. The van der Waals surface area contributed by atoms with E-state index in [1.54, 1.807) is 0 Å². The Labute approximate surface area is 292 Å². The van der Waals surface area contributed by atoms with Gasteiger partial charge in [-0.1, -0.05) is 125 Å². The number of rotatable bonds is 12. The van der Waals surface area contributed by atoms with E-state index in [1.165, 1.54) is 116 Å². The molecule has 6 fully saturated rings. The van der Waals surface area contributed by atoms with Crippen LogP contribution in [0.2, 0.25) is 0 Å². The van der Waals surface area contributed by atoms with Crippen LogP contribution in [0.5, 0.6) is 0 Å². The molecule has 0 bridgehead atoms. The Balaban J connectivity index is 1.39. The Morgan fingerprint density at radius 1 is 0.312 bits per heavy atom. The lowest BCUT2D eigenvalue weighted by Crippen LogP contribution is -2.64. The first-order chi connectivity index (χ1) is 23.6. The first-order valence-electron chi connectivity index (χ1n) is 20.7. The maximum atomic E-state index is 7.38. The zero-order valence-corrected chi connectivity index (χ0v) is 32.5. The van der Waals surface area contributed by atoms with Crippen molar-refractivity contribution in [1.82, 2.24) is 0 Å². The minimum absolute atomic E-state index is 0.0822. The molecule has 0 unspecified atom stereocenters. The average molecular weight is 731 g/mol. The van der Waals surface area contributed by atoms with Gasteiger partial charge in [0.05, 0.1) is 36.6 Å². The van der Waals surface area contributed by atoms with E-state index in [1.807, 2.05) is 0 Å². The van der Waals surface area contributed by atoms with Crippen molar-refractivity contribution in [3.8, 4) is 0 Å². The fourth-order valence-electron chi connectivity index (χ4n) is 9.07. The number of nitrogens with zero attached hydrogens (tertiary/aromatic N) is 2. The largest absolute Gasteiger partial charge is 0.497 e. The van der Waals surface area contributed by atoms with Crippen molar-refractivity contribution in [2.24, 2.45) is 9.03 Å². The fourth-order valence-corrected chi connectivity index (χ4v) is 20.1. The van der Waals surface area contributed by atoms with Crippen LogP contribution in [0, 0.1) is 0 Å². The number of hydrogen-bond acceptors (Lipinski definition) is 8. The molecule has 6 aliphatic carbocycles. The van der Waals surface area contributed by atoms with E-state index in [4.69, 9.17) is 36.2 Å². The van der Waals surface area contributed by atoms with Gasteiger partial charge < -0.3 is 9.05 Å². The fraction of sp³-hybridized carbons (Fsp3) is 1.00. The van der Waals surface area contributed by atoms with E-state index in [2.05, 4.69) is 4.52 Å². The van der Waals surface area contributed by atoms with E-state index in [0.29, 0.717) is 0 Å². The minimum atomic E-state index is -3.25. The molecule has 0 saturated heterocycles. The summed E-state index contributed by atoms with van der Waals surface area (Å²) in [6.07, 6.45) is 34.9. The van der Waals surface area contributed by atoms with E-state index >= 15 is 0 Å². The molecule has 0 amide bonds. The Bertz CT molecular complexity index is 934. The molecule has 0 aromatic carbocycles. The van der Waals surface area contributed by atoms with Crippen molar-refractivity contribution in [1.29, 1.82) is 0 Å². The summed E-state index contributed by atoms with van der Waals surface area (Å²) < 4.78 is 59.6. The van der Waals surface area contributed by atoms with Gasteiger partial charge in [-0.15, -0.1) is 4.52 Å². The molecule has 1 aliphatic heterocycles. The normalized spacial score (nSPS) is 30.2. The maximum absolute atomic E-state index is 7.38. The molecule has 9 nitrogen and oxygen atoms in total. The Morgan fingerprint density at radius 3 is 0.896 bits per heavy atom. The summed E-state index contributed by atoms with van der Waals surface area (Å²) in [7, 11) is -9.58. The predicted octanol–water partition coefficient (Wildman–Crippen LogP) is 12.0. The standard InChI is InChI=1S/C36H66N3O6P3/c1-7-19-31(20-8-1)40-46(41-32-21-9-2-10-22-32)37-47(42-33-23-11-3-12-24-33,43-34-25-13-4-14-26-34)39-48(38-46,44-35-27-15-5-16-28-35)45-36-29-17-6-18-30-36/h31-36H,1-30H2/p+1. The van der Waals surface area contributed by atoms with E-state index < -0.39 is 23.0 Å². The van der Waals surface area contributed by atoms with Gasteiger partial charge in [0.1, 0.15) is 0 Å².